The van der Waals surface area contributed by atoms with Crippen LogP contribution in [0.5, 0.6) is 0 Å². The number of carbonyl (C=O) groups excluding carboxylic acids is 1. The van der Waals surface area contributed by atoms with E-state index in [1.807, 2.05) is 26.0 Å². The number of benzene rings is 1. The molecule has 0 saturated carbocycles. The molecule has 0 heterocycles. The summed E-state index contributed by atoms with van der Waals surface area (Å²) in [5, 5.41) is 9.10. The van der Waals surface area contributed by atoms with Gasteiger partial charge in [0.15, 0.2) is 5.96 Å². The summed E-state index contributed by atoms with van der Waals surface area (Å²) in [5.74, 6) is 0.578. The van der Waals surface area contributed by atoms with Crippen LogP contribution in [0.2, 0.25) is 0 Å². The number of guanidine groups is 1. The van der Waals surface area contributed by atoms with Gasteiger partial charge < -0.3 is 16.0 Å². The highest BCUT2D eigenvalue weighted by Gasteiger charge is 2.09. The lowest BCUT2D eigenvalue weighted by Gasteiger charge is -2.17. The van der Waals surface area contributed by atoms with Gasteiger partial charge in [0, 0.05) is 35.4 Å². The lowest BCUT2D eigenvalue weighted by Crippen LogP contribution is -2.43. The Labute approximate surface area is 164 Å². The second-order valence-electron chi connectivity index (χ2n) is 5.99. The van der Waals surface area contributed by atoms with Crippen LogP contribution in [-0.4, -0.2) is 58.0 Å². The first-order valence-electron chi connectivity index (χ1n) is 8.47. The third kappa shape index (κ3) is 9.76. The van der Waals surface area contributed by atoms with Crippen molar-refractivity contribution >= 4 is 37.6 Å². The molecule has 146 valence electrons. The lowest BCUT2D eigenvalue weighted by atomic mass is 10.2. The number of hydrogen-bond acceptors (Lipinski definition) is 4. The van der Waals surface area contributed by atoms with Gasteiger partial charge in [0.25, 0.3) is 5.91 Å². The molecule has 0 aliphatic carbocycles. The number of halogens is 1. The number of nitrogens with one attached hydrogen (secondary N) is 3. The molecule has 0 aliphatic heterocycles. The van der Waals surface area contributed by atoms with Crippen LogP contribution in [0.3, 0.4) is 0 Å². The van der Waals surface area contributed by atoms with Crippen molar-refractivity contribution in [2.24, 2.45) is 4.99 Å². The molecule has 3 N–H and O–H groups in total. The minimum absolute atomic E-state index is 0.0289. The largest absolute Gasteiger partial charge is 0.357 e. The number of carbonyl (C=O) groups is 1. The number of hydrogen-bond donors (Lipinski definition) is 3. The molecule has 7 nitrogen and oxygen atoms in total. The van der Waals surface area contributed by atoms with Gasteiger partial charge in [0.1, 0.15) is 9.84 Å². The molecular weight excluding hydrogens is 420 g/mol. The molecule has 1 atom stereocenters. The van der Waals surface area contributed by atoms with Crippen LogP contribution in [0.4, 0.5) is 0 Å². The van der Waals surface area contributed by atoms with Gasteiger partial charge in [-0.2, -0.15) is 0 Å². The van der Waals surface area contributed by atoms with E-state index in [0.29, 0.717) is 37.6 Å². The van der Waals surface area contributed by atoms with Gasteiger partial charge in [0.05, 0.1) is 12.3 Å². The molecule has 1 aromatic rings. The Balaban J connectivity index is 2.46. The standard InChI is InChI=1S/C17H27BrN4O3S/c1-4-19-17(22-13(2)8-11-26(3,24)25)21-10-9-20-16(23)14-6-5-7-15(18)12-14/h5-7,12-13H,4,8-11H2,1-3H3,(H,20,23)(H2,19,21,22). The normalized spacial score (nSPS) is 13.2. The Bertz CT molecular complexity index is 722. The minimum atomic E-state index is -2.98. The highest BCUT2D eigenvalue weighted by Crippen LogP contribution is 2.11. The third-order valence-electron chi connectivity index (χ3n) is 3.40. The Morgan fingerprint density at radius 3 is 2.65 bits per heavy atom. The van der Waals surface area contributed by atoms with Crippen molar-refractivity contribution in [3.05, 3.63) is 34.3 Å². The van der Waals surface area contributed by atoms with Crippen molar-refractivity contribution in [2.75, 3.05) is 31.6 Å². The van der Waals surface area contributed by atoms with Crippen molar-refractivity contribution in [3.8, 4) is 0 Å². The van der Waals surface area contributed by atoms with Gasteiger partial charge in [-0.05, 0) is 38.5 Å². The number of amides is 1. The van der Waals surface area contributed by atoms with Gasteiger partial charge in [-0.25, -0.2) is 8.42 Å². The van der Waals surface area contributed by atoms with Gasteiger partial charge in [-0.15, -0.1) is 0 Å². The summed E-state index contributed by atoms with van der Waals surface area (Å²) in [4.78, 5) is 16.5. The van der Waals surface area contributed by atoms with Gasteiger partial charge in [-0.1, -0.05) is 22.0 Å². The topological polar surface area (TPSA) is 99.7 Å². The molecule has 26 heavy (non-hydrogen) atoms. The molecule has 0 fully saturated rings. The maximum absolute atomic E-state index is 12.1. The average molecular weight is 447 g/mol. The molecule has 0 radical (unpaired) electrons. The van der Waals surface area contributed by atoms with Crippen molar-refractivity contribution in [3.63, 3.8) is 0 Å². The van der Waals surface area contributed by atoms with E-state index in [1.54, 1.807) is 12.1 Å². The second kappa shape index (κ2) is 11.2. The molecule has 1 aromatic carbocycles. The summed E-state index contributed by atoms with van der Waals surface area (Å²) >= 11 is 3.34. The predicted molar refractivity (Wildman–Crippen MR) is 109 cm³/mol. The molecule has 9 heteroatoms. The SMILES string of the molecule is CCNC(=NCCNC(=O)c1cccc(Br)c1)NC(C)CCS(C)(=O)=O. The van der Waals surface area contributed by atoms with Crippen molar-refractivity contribution in [1.82, 2.24) is 16.0 Å². The number of nitrogens with zero attached hydrogens (tertiary/aromatic N) is 1. The summed E-state index contributed by atoms with van der Waals surface area (Å²) in [6.07, 6.45) is 1.73. The summed E-state index contributed by atoms with van der Waals surface area (Å²) in [6.45, 7) is 5.36. The summed E-state index contributed by atoms with van der Waals surface area (Å²) in [5.41, 5.74) is 0.586. The first-order valence-corrected chi connectivity index (χ1v) is 11.3. The molecule has 0 aromatic heterocycles. The Hall–Kier alpha value is -1.61. The van der Waals surface area contributed by atoms with E-state index in [4.69, 9.17) is 0 Å². The molecule has 0 bridgehead atoms. The molecular formula is C17H27BrN4O3S. The molecule has 1 rings (SSSR count). The van der Waals surface area contributed by atoms with Crippen molar-refractivity contribution in [1.29, 1.82) is 0 Å². The van der Waals surface area contributed by atoms with E-state index in [9.17, 15) is 13.2 Å². The van der Waals surface area contributed by atoms with Crippen LogP contribution in [0.25, 0.3) is 0 Å². The summed E-state index contributed by atoms with van der Waals surface area (Å²) in [6, 6.07) is 7.15. The molecule has 0 spiro atoms. The number of aliphatic imine (C=N–C) groups is 1. The molecule has 1 unspecified atom stereocenters. The van der Waals surface area contributed by atoms with E-state index in [2.05, 4.69) is 36.9 Å². The highest BCUT2D eigenvalue weighted by atomic mass is 79.9. The summed E-state index contributed by atoms with van der Waals surface area (Å²) < 4.78 is 23.3. The van der Waals surface area contributed by atoms with E-state index in [0.717, 1.165) is 4.47 Å². The zero-order valence-electron chi connectivity index (χ0n) is 15.4. The number of sulfone groups is 1. The summed E-state index contributed by atoms with van der Waals surface area (Å²) in [7, 11) is -2.98. The minimum Gasteiger partial charge on any atom is -0.357 e. The fourth-order valence-corrected chi connectivity index (χ4v) is 3.27. The zero-order valence-corrected chi connectivity index (χ0v) is 17.8. The maximum Gasteiger partial charge on any atom is 0.251 e. The van der Waals surface area contributed by atoms with Crippen LogP contribution in [-0.2, 0) is 9.84 Å². The van der Waals surface area contributed by atoms with Crippen LogP contribution in [0.1, 0.15) is 30.6 Å². The third-order valence-corrected chi connectivity index (χ3v) is 4.87. The van der Waals surface area contributed by atoms with E-state index in [-0.39, 0.29) is 17.7 Å². The Kier molecular flexibility index (Phi) is 9.64. The average Bonchev–Trinajstić information content (AvgIpc) is 2.56. The zero-order chi connectivity index (χ0) is 19.6. The lowest BCUT2D eigenvalue weighted by molar-refractivity contribution is 0.0954. The Morgan fingerprint density at radius 1 is 1.31 bits per heavy atom. The molecule has 0 saturated heterocycles. The second-order valence-corrected chi connectivity index (χ2v) is 9.17. The fourth-order valence-electron chi connectivity index (χ4n) is 2.09. The predicted octanol–water partition coefficient (Wildman–Crippen LogP) is 1.56. The van der Waals surface area contributed by atoms with Gasteiger partial charge >= 0.3 is 0 Å². The van der Waals surface area contributed by atoms with Gasteiger partial charge in [0.2, 0.25) is 0 Å². The van der Waals surface area contributed by atoms with Crippen molar-refractivity contribution in [2.45, 2.75) is 26.3 Å². The fraction of sp³-hybridized carbons (Fsp3) is 0.529. The van der Waals surface area contributed by atoms with Crippen LogP contribution in [0, 0.1) is 0 Å². The van der Waals surface area contributed by atoms with Crippen molar-refractivity contribution < 1.29 is 13.2 Å². The van der Waals surface area contributed by atoms with Crippen LogP contribution < -0.4 is 16.0 Å². The molecule has 0 aliphatic rings. The monoisotopic (exact) mass is 446 g/mol. The van der Waals surface area contributed by atoms with Crippen LogP contribution in [0.15, 0.2) is 33.7 Å². The quantitative estimate of drug-likeness (QED) is 0.303. The first-order chi connectivity index (χ1) is 12.2. The van der Waals surface area contributed by atoms with Crippen LogP contribution >= 0.6 is 15.9 Å². The highest BCUT2D eigenvalue weighted by molar-refractivity contribution is 9.10. The Morgan fingerprint density at radius 2 is 2.04 bits per heavy atom. The maximum atomic E-state index is 12.1. The molecule has 1 amide bonds. The van der Waals surface area contributed by atoms with E-state index < -0.39 is 9.84 Å². The number of rotatable bonds is 9. The van der Waals surface area contributed by atoms with Gasteiger partial charge in [-0.3, -0.25) is 9.79 Å². The van der Waals surface area contributed by atoms with E-state index in [1.165, 1.54) is 6.26 Å². The first kappa shape index (κ1) is 22.4. The van der Waals surface area contributed by atoms with E-state index >= 15 is 0 Å². The smallest absolute Gasteiger partial charge is 0.251 e.